The fourth-order valence-electron chi connectivity index (χ4n) is 3.51. The van der Waals surface area contributed by atoms with Crippen molar-refractivity contribution >= 4 is 0 Å². The lowest BCUT2D eigenvalue weighted by Crippen LogP contribution is -2.45. The second kappa shape index (κ2) is 11.6. The molecule has 0 radical (unpaired) electrons. The summed E-state index contributed by atoms with van der Waals surface area (Å²) in [5.41, 5.74) is 7.00. The lowest BCUT2D eigenvalue weighted by atomic mass is 9.85. The molecule has 0 aliphatic carbocycles. The Morgan fingerprint density at radius 2 is 1.74 bits per heavy atom. The van der Waals surface area contributed by atoms with Crippen LogP contribution >= 0.6 is 0 Å². The quantitative estimate of drug-likeness (QED) is 0.508. The minimum absolute atomic E-state index is 0.0113. The SMILES string of the molecule is COc1cc(CC[C@@](N)(CO)CC(C)C)ccc1OC(C)CCCC(C)C. The number of ether oxygens (including phenoxy) is 2. The van der Waals surface area contributed by atoms with Gasteiger partial charge in [0.2, 0.25) is 0 Å². The Morgan fingerprint density at radius 1 is 1.04 bits per heavy atom. The zero-order valence-corrected chi connectivity index (χ0v) is 18.3. The first-order valence-electron chi connectivity index (χ1n) is 10.4. The van der Waals surface area contributed by atoms with E-state index in [1.807, 2.05) is 12.1 Å². The molecule has 4 heteroatoms. The number of aryl methyl sites for hydroxylation is 1. The number of rotatable bonds is 13. The molecule has 0 saturated heterocycles. The highest BCUT2D eigenvalue weighted by molar-refractivity contribution is 5.43. The molecule has 1 aromatic rings. The van der Waals surface area contributed by atoms with Gasteiger partial charge in [0.25, 0.3) is 0 Å². The molecule has 0 aliphatic rings. The zero-order valence-electron chi connectivity index (χ0n) is 18.3. The van der Waals surface area contributed by atoms with Crippen molar-refractivity contribution in [1.82, 2.24) is 0 Å². The number of hydrogen-bond donors (Lipinski definition) is 2. The van der Waals surface area contributed by atoms with Crippen molar-refractivity contribution in [3.63, 3.8) is 0 Å². The van der Waals surface area contributed by atoms with Crippen LogP contribution in [0.5, 0.6) is 11.5 Å². The largest absolute Gasteiger partial charge is 0.493 e. The maximum atomic E-state index is 9.69. The van der Waals surface area contributed by atoms with Gasteiger partial charge in [-0.15, -0.1) is 0 Å². The van der Waals surface area contributed by atoms with Crippen molar-refractivity contribution in [2.75, 3.05) is 13.7 Å². The molecule has 1 unspecified atom stereocenters. The maximum absolute atomic E-state index is 9.69. The number of hydrogen-bond acceptors (Lipinski definition) is 4. The first-order valence-corrected chi connectivity index (χ1v) is 10.4. The van der Waals surface area contributed by atoms with Crippen molar-refractivity contribution in [3.05, 3.63) is 23.8 Å². The van der Waals surface area contributed by atoms with Crippen LogP contribution in [0.4, 0.5) is 0 Å². The van der Waals surface area contributed by atoms with E-state index >= 15 is 0 Å². The summed E-state index contributed by atoms with van der Waals surface area (Å²) in [6, 6.07) is 6.10. The van der Waals surface area contributed by atoms with Crippen LogP contribution in [0.1, 0.15) is 72.3 Å². The number of nitrogens with two attached hydrogens (primary N) is 1. The zero-order chi connectivity index (χ0) is 20.4. The fourth-order valence-corrected chi connectivity index (χ4v) is 3.51. The molecule has 1 aromatic carbocycles. The predicted octanol–water partition coefficient (Wildman–Crippen LogP) is 4.96. The summed E-state index contributed by atoms with van der Waals surface area (Å²) in [6.07, 6.45) is 5.99. The molecular weight excluding hydrogens is 338 g/mol. The molecule has 2 atom stereocenters. The smallest absolute Gasteiger partial charge is 0.161 e. The second-order valence-electron chi connectivity index (χ2n) is 8.86. The summed E-state index contributed by atoms with van der Waals surface area (Å²) in [4.78, 5) is 0. The van der Waals surface area contributed by atoms with Gasteiger partial charge < -0.3 is 20.3 Å². The predicted molar refractivity (Wildman–Crippen MR) is 114 cm³/mol. The topological polar surface area (TPSA) is 64.7 Å². The number of aliphatic hydroxyl groups excluding tert-OH is 1. The van der Waals surface area contributed by atoms with Crippen LogP contribution in [0.15, 0.2) is 18.2 Å². The lowest BCUT2D eigenvalue weighted by Gasteiger charge is -2.29. The summed E-state index contributed by atoms with van der Waals surface area (Å²) < 4.78 is 11.6. The number of methoxy groups -OCH3 is 1. The number of benzene rings is 1. The normalized spacial score (nSPS) is 15.0. The third-order valence-corrected chi connectivity index (χ3v) is 4.99. The summed E-state index contributed by atoms with van der Waals surface area (Å²) in [6.45, 7) is 10.9. The average molecular weight is 380 g/mol. The Bertz CT molecular complexity index is 544. The highest BCUT2D eigenvalue weighted by Gasteiger charge is 2.25. The van der Waals surface area contributed by atoms with E-state index in [0.717, 1.165) is 48.7 Å². The van der Waals surface area contributed by atoms with Gasteiger partial charge in [0, 0.05) is 5.54 Å². The summed E-state index contributed by atoms with van der Waals surface area (Å²) >= 11 is 0. The van der Waals surface area contributed by atoms with Gasteiger partial charge in [0.15, 0.2) is 11.5 Å². The van der Waals surface area contributed by atoms with E-state index in [-0.39, 0.29) is 12.7 Å². The standard InChI is InChI=1S/C23H41NO3/c1-17(2)8-7-9-19(5)27-21-11-10-20(14-22(21)26-6)12-13-23(24,16-25)15-18(3)4/h10-11,14,17-19,25H,7-9,12-13,15-16,24H2,1-6H3/t19?,23-/m0/s1. The van der Waals surface area contributed by atoms with Crippen LogP contribution < -0.4 is 15.2 Å². The van der Waals surface area contributed by atoms with Crippen LogP contribution in [-0.2, 0) is 6.42 Å². The van der Waals surface area contributed by atoms with Crippen molar-refractivity contribution in [3.8, 4) is 11.5 Å². The molecule has 0 saturated carbocycles. The monoisotopic (exact) mass is 379 g/mol. The van der Waals surface area contributed by atoms with Gasteiger partial charge in [-0.2, -0.15) is 0 Å². The fraction of sp³-hybridized carbons (Fsp3) is 0.739. The van der Waals surface area contributed by atoms with Gasteiger partial charge >= 0.3 is 0 Å². The van der Waals surface area contributed by atoms with Crippen molar-refractivity contribution in [1.29, 1.82) is 0 Å². The summed E-state index contributed by atoms with van der Waals surface area (Å²) in [5.74, 6) is 2.75. The van der Waals surface area contributed by atoms with Gasteiger partial charge in [-0.3, -0.25) is 0 Å². The van der Waals surface area contributed by atoms with E-state index < -0.39 is 5.54 Å². The van der Waals surface area contributed by atoms with Gasteiger partial charge in [-0.1, -0.05) is 40.2 Å². The lowest BCUT2D eigenvalue weighted by molar-refractivity contribution is 0.165. The highest BCUT2D eigenvalue weighted by Crippen LogP contribution is 2.31. The van der Waals surface area contributed by atoms with Crippen molar-refractivity contribution in [2.24, 2.45) is 17.6 Å². The molecule has 27 heavy (non-hydrogen) atoms. The van der Waals surface area contributed by atoms with Gasteiger partial charge in [-0.05, 0) is 68.6 Å². The van der Waals surface area contributed by atoms with E-state index in [2.05, 4.69) is 40.7 Å². The molecule has 0 heterocycles. The molecule has 0 fully saturated rings. The molecule has 1 rings (SSSR count). The van der Waals surface area contributed by atoms with E-state index in [4.69, 9.17) is 15.2 Å². The molecule has 0 spiro atoms. The third kappa shape index (κ3) is 8.98. The Balaban J connectivity index is 2.68. The van der Waals surface area contributed by atoms with E-state index in [1.54, 1.807) is 7.11 Å². The molecule has 0 amide bonds. The van der Waals surface area contributed by atoms with Crippen molar-refractivity contribution in [2.45, 2.75) is 84.8 Å². The Kier molecular flexibility index (Phi) is 10.2. The molecule has 156 valence electrons. The van der Waals surface area contributed by atoms with Crippen LogP contribution in [0.2, 0.25) is 0 Å². The van der Waals surface area contributed by atoms with Gasteiger partial charge in [-0.25, -0.2) is 0 Å². The maximum Gasteiger partial charge on any atom is 0.161 e. The first kappa shape index (κ1) is 23.8. The Hall–Kier alpha value is -1.26. The molecule has 4 nitrogen and oxygen atoms in total. The average Bonchev–Trinajstić information content (AvgIpc) is 2.60. The van der Waals surface area contributed by atoms with Gasteiger partial charge in [0.05, 0.1) is 19.8 Å². The number of aliphatic hydroxyl groups is 1. The van der Waals surface area contributed by atoms with Gasteiger partial charge in [0.1, 0.15) is 0 Å². The van der Waals surface area contributed by atoms with Crippen LogP contribution in [0.25, 0.3) is 0 Å². The minimum atomic E-state index is -0.526. The minimum Gasteiger partial charge on any atom is -0.493 e. The van der Waals surface area contributed by atoms with E-state index in [1.165, 1.54) is 12.8 Å². The molecule has 3 N–H and O–H groups in total. The summed E-state index contributed by atoms with van der Waals surface area (Å²) in [5, 5.41) is 9.69. The Labute approximate surface area is 166 Å². The van der Waals surface area contributed by atoms with Crippen molar-refractivity contribution < 1.29 is 14.6 Å². The molecule has 0 bridgehead atoms. The second-order valence-corrected chi connectivity index (χ2v) is 8.86. The highest BCUT2D eigenvalue weighted by atomic mass is 16.5. The molecular formula is C23H41NO3. The third-order valence-electron chi connectivity index (χ3n) is 4.99. The Morgan fingerprint density at radius 3 is 2.30 bits per heavy atom. The summed E-state index contributed by atoms with van der Waals surface area (Å²) in [7, 11) is 1.68. The van der Waals surface area contributed by atoms with E-state index in [0.29, 0.717) is 5.92 Å². The molecule has 0 aromatic heterocycles. The van der Waals surface area contributed by atoms with Crippen LogP contribution in [-0.4, -0.2) is 30.5 Å². The first-order chi connectivity index (χ1) is 12.7. The van der Waals surface area contributed by atoms with Crippen LogP contribution in [0, 0.1) is 11.8 Å². The molecule has 0 aliphatic heterocycles. The van der Waals surface area contributed by atoms with Crippen LogP contribution in [0.3, 0.4) is 0 Å². The van der Waals surface area contributed by atoms with E-state index in [9.17, 15) is 5.11 Å².